The quantitative estimate of drug-likeness (QED) is 0.591. The molecule has 1 heterocycles. The van der Waals surface area contributed by atoms with Crippen LogP contribution >= 0.6 is 0 Å². The number of benzene rings is 2. The Bertz CT molecular complexity index is 866. The molecule has 0 aromatic heterocycles. The Hall–Kier alpha value is -2.66. The van der Waals surface area contributed by atoms with E-state index in [0.29, 0.717) is 23.7 Å². The SMILES string of the molecule is CC[N+]1(CC(=O)Nc2c(C)cccc2C(=O)OC)CCCC(c2ccccc2)C1. The number of carbonyl (C=O) groups is 2. The topological polar surface area (TPSA) is 55.4 Å². The highest BCUT2D eigenvalue weighted by molar-refractivity contribution is 6.02. The van der Waals surface area contributed by atoms with E-state index in [9.17, 15) is 9.59 Å². The summed E-state index contributed by atoms with van der Waals surface area (Å²) in [6.45, 7) is 7.34. The van der Waals surface area contributed by atoms with Gasteiger partial charge in [-0.3, -0.25) is 4.79 Å². The lowest BCUT2D eigenvalue weighted by molar-refractivity contribution is -0.924. The van der Waals surface area contributed by atoms with Crippen molar-refractivity contribution in [1.29, 1.82) is 0 Å². The van der Waals surface area contributed by atoms with E-state index in [-0.39, 0.29) is 5.91 Å². The van der Waals surface area contributed by atoms with E-state index in [1.807, 2.05) is 19.1 Å². The number of piperidine rings is 1. The van der Waals surface area contributed by atoms with Crippen molar-refractivity contribution < 1.29 is 18.8 Å². The molecule has 0 bridgehead atoms. The molecule has 2 unspecified atom stereocenters. The van der Waals surface area contributed by atoms with Gasteiger partial charge >= 0.3 is 5.97 Å². The predicted molar refractivity (Wildman–Crippen MR) is 115 cm³/mol. The zero-order valence-corrected chi connectivity index (χ0v) is 17.6. The van der Waals surface area contributed by atoms with Gasteiger partial charge in [-0.2, -0.15) is 0 Å². The van der Waals surface area contributed by atoms with E-state index in [4.69, 9.17) is 4.74 Å². The molecule has 2 aromatic rings. The molecule has 3 rings (SSSR count). The van der Waals surface area contributed by atoms with Gasteiger partial charge in [-0.05, 0) is 43.9 Å². The molecular weight excluding hydrogens is 364 g/mol. The Morgan fingerprint density at radius 2 is 1.90 bits per heavy atom. The second-order valence-corrected chi connectivity index (χ2v) is 8.01. The fourth-order valence-electron chi connectivity index (χ4n) is 4.46. The summed E-state index contributed by atoms with van der Waals surface area (Å²) in [4.78, 5) is 25.1. The Morgan fingerprint density at radius 1 is 1.14 bits per heavy atom. The maximum Gasteiger partial charge on any atom is 0.339 e. The van der Waals surface area contributed by atoms with Gasteiger partial charge in [0.15, 0.2) is 6.54 Å². The number of nitrogens with zero attached hydrogens (tertiary/aromatic N) is 1. The molecule has 29 heavy (non-hydrogen) atoms. The predicted octanol–water partition coefficient (Wildman–Crippen LogP) is 4.13. The number of carbonyl (C=O) groups excluding carboxylic acids is 2. The Labute approximate surface area is 173 Å². The summed E-state index contributed by atoms with van der Waals surface area (Å²) in [5.41, 5.74) is 3.15. The third-order valence-electron chi connectivity index (χ3n) is 6.16. The first kappa shape index (κ1) is 21.1. The molecule has 1 amide bonds. The van der Waals surface area contributed by atoms with Crippen molar-refractivity contribution in [3.8, 4) is 0 Å². The lowest BCUT2D eigenvalue weighted by Crippen LogP contribution is -2.56. The van der Waals surface area contributed by atoms with E-state index < -0.39 is 5.97 Å². The van der Waals surface area contributed by atoms with Crippen LogP contribution in [0.3, 0.4) is 0 Å². The second kappa shape index (κ2) is 9.23. The first-order chi connectivity index (χ1) is 14.0. The van der Waals surface area contributed by atoms with Gasteiger partial charge in [-0.15, -0.1) is 0 Å². The molecule has 1 fully saturated rings. The number of nitrogens with one attached hydrogen (secondary N) is 1. The number of ether oxygens (including phenoxy) is 1. The van der Waals surface area contributed by atoms with Crippen LogP contribution in [-0.4, -0.2) is 49.6 Å². The van der Waals surface area contributed by atoms with Crippen molar-refractivity contribution in [3.05, 3.63) is 65.2 Å². The van der Waals surface area contributed by atoms with Gasteiger partial charge in [0.25, 0.3) is 5.91 Å². The number of quaternary nitrogens is 1. The number of aryl methyl sites for hydroxylation is 1. The fraction of sp³-hybridized carbons (Fsp3) is 0.417. The number of likely N-dealkylation sites (tertiary alicyclic amines) is 1. The molecule has 2 aromatic carbocycles. The van der Waals surface area contributed by atoms with Crippen molar-refractivity contribution in [2.24, 2.45) is 0 Å². The van der Waals surface area contributed by atoms with E-state index >= 15 is 0 Å². The molecule has 154 valence electrons. The average Bonchev–Trinajstić information content (AvgIpc) is 2.75. The van der Waals surface area contributed by atoms with Gasteiger partial charge < -0.3 is 14.5 Å². The first-order valence-electron chi connectivity index (χ1n) is 10.4. The van der Waals surface area contributed by atoms with Crippen LogP contribution in [-0.2, 0) is 9.53 Å². The highest BCUT2D eigenvalue weighted by atomic mass is 16.5. The van der Waals surface area contributed by atoms with Crippen molar-refractivity contribution >= 4 is 17.6 Å². The van der Waals surface area contributed by atoms with Crippen molar-refractivity contribution in [2.45, 2.75) is 32.6 Å². The van der Waals surface area contributed by atoms with Crippen LogP contribution in [0.4, 0.5) is 5.69 Å². The number of amides is 1. The first-order valence-corrected chi connectivity index (χ1v) is 10.4. The average molecular weight is 396 g/mol. The fourth-order valence-corrected chi connectivity index (χ4v) is 4.46. The van der Waals surface area contributed by atoms with Crippen LogP contribution in [0, 0.1) is 6.92 Å². The van der Waals surface area contributed by atoms with E-state index in [1.165, 1.54) is 12.7 Å². The molecule has 0 spiro atoms. The van der Waals surface area contributed by atoms with Gasteiger partial charge in [0.1, 0.15) is 0 Å². The van der Waals surface area contributed by atoms with Gasteiger partial charge in [0.2, 0.25) is 0 Å². The molecule has 0 saturated carbocycles. The highest BCUT2D eigenvalue weighted by Crippen LogP contribution is 2.31. The number of methoxy groups -OCH3 is 1. The number of para-hydroxylation sites is 1. The lowest BCUT2D eigenvalue weighted by Gasteiger charge is -2.43. The standard InChI is InChI=1S/C24H30N2O3/c1-4-26(15-9-13-20(16-26)19-11-6-5-7-12-19)17-22(27)25-23-18(2)10-8-14-21(23)24(28)29-3/h5-8,10-12,14,20H,4,9,13,15-17H2,1-3H3/p+1. The van der Waals surface area contributed by atoms with Crippen molar-refractivity contribution in [1.82, 2.24) is 0 Å². The van der Waals surface area contributed by atoms with Gasteiger partial charge in [0.05, 0.1) is 38.0 Å². The summed E-state index contributed by atoms with van der Waals surface area (Å²) in [5, 5.41) is 3.00. The molecule has 5 heteroatoms. The smallest absolute Gasteiger partial charge is 0.339 e. The molecular formula is C24H31N2O3+. The summed E-state index contributed by atoms with van der Waals surface area (Å²) in [5.74, 6) is -0.0210. The van der Waals surface area contributed by atoms with Gasteiger partial charge in [-0.25, -0.2) is 4.79 Å². The molecule has 1 aliphatic heterocycles. The third-order valence-corrected chi connectivity index (χ3v) is 6.16. The zero-order chi connectivity index (χ0) is 20.9. The van der Waals surface area contributed by atoms with E-state index in [1.54, 1.807) is 12.1 Å². The summed E-state index contributed by atoms with van der Waals surface area (Å²) in [6, 6.07) is 16.0. The van der Waals surface area contributed by atoms with Crippen LogP contribution in [0.2, 0.25) is 0 Å². The Kier molecular flexibility index (Phi) is 6.70. The number of likely N-dealkylation sites (N-methyl/N-ethyl adjacent to an activating group) is 1. The monoisotopic (exact) mass is 395 g/mol. The normalized spacial score (nSPS) is 21.4. The number of esters is 1. The molecule has 5 nitrogen and oxygen atoms in total. The minimum Gasteiger partial charge on any atom is -0.465 e. The molecule has 1 aliphatic rings. The third kappa shape index (κ3) is 4.85. The maximum atomic E-state index is 13.0. The van der Waals surface area contributed by atoms with E-state index in [0.717, 1.165) is 42.5 Å². The van der Waals surface area contributed by atoms with Crippen molar-refractivity contribution in [2.75, 3.05) is 38.6 Å². The second-order valence-electron chi connectivity index (χ2n) is 8.01. The minimum absolute atomic E-state index is 0.0555. The van der Waals surface area contributed by atoms with E-state index in [2.05, 4.69) is 36.5 Å². The number of rotatable bonds is 6. The number of anilines is 1. The van der Waals surface area contributed by atoms with Crippen LogP contribution in [0.1, 0.15) is 47.2 Å². The summed E-state index contributed by atoms with van der Waals surface area (Å²) in [7, 11) is 1.35. The molecule has 0 radical (unpaired) electrons. The van der Waals surface area contributed by atoms with Gasteiger partial charge in [-0.1, -0.05) is 42.5 Å². The molecule has 1 saturated heterocycles. The zero-order valence-electron chi connectivity index (χ0n) is 17.6. The largest absolute Gasteiger partial charge is 0.465 e. The number of hydrogen-bond donors (Lipinski definition) is 1. The molecule has 2 atom stereocenters. The number of hydrogen-bond acceptors (Lipinski definition) is 3. The molecule has 1 N–H and O–H groups in total. The Morgan fingerprint density at radius 3 is 2.59 bits per heavy atom. The summed E-state index contributed by atoms with van der Waals surface area (Å²) >= 11 is 0. The van der Waals surface area contributed by atoms with Gasteiger partial charge in [0, 0.05) is 5.92 Å². The van der Waals surface area contributed by atoms with Crippen LogP contribution < -0.4 is 5.32 Å². The Balaban J connectivity index is 1.76. The van der Waals surface area contributed by atoms with Crippen LogP contribution in [0.15, 0.2) is 48.5 Å². The minimum atomic E-state index is -0.439. The van der Waals surface area contributed by atoms with Crippen LogP contribution in [0.25, 0.3) is 0 Å². The van der Waals surface area contributed by atoms with Crippen molar-refractivity contribution in [3.63, 3.8) is 0 Å². The maximum absolute atomic E-state index is 13.0. The highest BCUT2D eigenvalue weighted by Gasteiger charge is 2.36. The lowest BCUT2D eigenvalue weighted by atomic mass is 9.89. The summed E-state index contributed by atoms with van der Waals surface area (Å²) in [6.07, 6.45) is 2.27. The summed E-state index contributed by atoms with van der Waals surface area (Å²) < 4.78 is 5.64. The van der Waals surface area contributed by atoms with Crippen LogP contribution in [0.5, 0.6) is 0 Å². The molecule has 0 aliphatic carbocycles.